The zero-order valence-electron chi connectivity index (χ0n) is 17.7. The lowest BCUT2D eigenvalue weighted by atomic mass is 10.1. The molecule has 4 rings (SSSR count). The van der Waals surface area contributed by atoms with E-state index < -0.39 is 0 Å². The first-order chi connectivity index (χ1) is 14.6. The maximum atomic E-state index is 12.9. The molecule has 0 aliphatic heterocycles. The number of ether oxygens (including phenoxy) is 3. The highest BCUT2D eigenvalue weighted by Gasteiger charge is 2.26. The summed E-state index contributed by atoms with van der Waals surface area (Å²) >= 11 is 0. The Morgan fingerprint density at radius 3 is 2.67 bits per heavy atom. The first kappa shape index (κ1) is 20.3. The third-order valence-corrected chi connectivity index (χ3v) is 5.82. The molecule has 1 heterocycles. The van der Waals surface area contributed by atoms with E-state index in [0.717, 1.165) is 47.2 Å². The van der Waals surface area contributed by atoms with E-state index in [2.05, 4.69) is 28.2 Å². The van der Waals surface area contributed by atoms with E-state index in [1.807, 2.05) is 24.3 Å². The number of carbonyl (C=O) groups is 1. The fourth-order valence-corrected chi connectivity index (χ4v) is 4.34. The number of hydrogen-bond donors (Lipinski definition) is 1. The number of rotatable bonds is 8. The molecule has 1 amide bonds. The number of amides is 1. The Morgan fingerprint density at radius 1 is 1.13 bits per heavy atom. The lowest BCUT2D eigenvalue weighted by Gasteiger charge is -2.16. The van der Waals surface area contributed by atoms with E-state index in [1.165, 1.54) is 5.56 Å². The van der Waals surface area contributed by atoms with E-state index in [0.29, 0.717) is 18.8 Å². The van der Waals surface area contributed by atoms with Gasteiger partial charge in [-0.25, -0.2) is 0 Å². The molecule has 1 aliphatic rings. The molecular weight excluding hydrogens is 380 g/mol. The zero-order valence-corrected chi connectivity index (χ0v) is 17.7. The summed E-state index contributed by atoms with van der Waals surface area (Å²) in [5, 5.41) is 4.33. The molecule has 6 heteroatoms. The van der Waals surface area contributed by atoms with Gasteiger partial charge in [0.1, 0.15) is 0 Å². The SMILES string of the molecule is COCCn1cc(CC(=O)N[C@@H]2CCc3cc(OC)c(OC)cc32)c2ccccc21. The first-order valence-corrected chi connectivity index (χ1v) is 10.2. The fraction of sp³-hybridized carbons (Fsp3) is 0.375. The quantitative estimate of drug-likeness (QED) is 0.618. The molecule has 1 N–H and O–H groups in total. The smallest absolute Gasteiger partial charge is 0.224 e. The molecule has 1 aromatic heterocycles. The van der Waals surface area contributed by atoms with Crippen LogP contribution in [0.4, 0.5) is 0 Å². The van der Waals surface area contributed by atoms with Crippen LogP contribution in [0.2, 0.25) is 0 Å². The number of benzene rings is 2. The minimum atomic E-state index is -0.00542. The van der Waals surface area contributed by atoms with Gasteiger partial charge in [-0.2, -0.15) is 0 Å². The molecule has 0 radical (unpaired) electrons. The van der Waals surface area contributed by atoms with Crippen molar-refractivity contribution in [3.63, 3.8) is 0 Å². The van der Waals surface area contributed by atoms with Gasteiger partial charge in [-0.3, -0.25) is 4.79 Å². The molecule has 158 valence electrons. The second-order valence-corrected chi connectivity index (χ2v) is 7.60. The van der Waals surface area contributed by atoms with Crippen LogP contribution in [0.5, 0.6) is 11.5 Å². The van der Waals surface area contributed by atoms with Crippen LogP contribution in [0.1, 0.15) is 29.2 Å². The van der Waals surface area contributed by atoms with Crippen molar-refractivity contribution < 1.29 is 19.0 Å². The second-order valence-electron chi connectivity index (χ2n) is 7.60. The van der Waals surface area contributed by atoms with Crippen molar-refractivity contribution in [3.8, 4) is 11.5 Å². The topological polar surface area (TPSA) is 61.7 Å². The summed E-state index contributed by atoms with van der Waals surface area (Å²) in [5.41, 5.74) is 4.47. The van der Waals surface area contributed by atoms with Crippen molar-refractivity contribution in [2.45, 2.75) is 31.8 Å². The van der Waals surface area contributed by atoms with E-state index in [-0.39, 0.29) is 11.9 Å². The number of methoxy groups -OCH3 is 3. The predicted molar refractivity (Wildman–Crippen MR) is 116 cm³/mol. The van der Waals surface area contributed by atoms with Gasteiger partial charge in [0.25, 0.3) is 0 Å². The van der Waals surface area contributed by atoms with Crippen LogP contribution >= 0.6 is 0 Å². The van der Waals surface area contributed by atoms with Crippen molar-refractivity contribution >= 4 is 16.8 Å². The molecule has 0 saturated carbocycles. The molecule has 1 atom stereocenters. The number of aryl methyl sites for hydroxylation is 1. The van der Waals surface area contributed by atoms with Crippen LogP contribution in [0, 0.1) is 0 Å². The lowest BCUT2D eigenvalue weighted by molar-refractivity contribution is -0.121. The molecule has 0 fully saturated rings. The van der Waals surface area contributed by atoms with E-state index in [1.54, 1.807) is 21.3 Å². The van der Waals surface area contributed by atoms with Gasteiger partial charge in [0, 0.05) is 30.8 Å². The summed E-state index contributed by atoms with van der Waals surface area (Å²) < 4.78 is 18.2. The Hall–Kier alpha value is -2.99. The van der Waals surface area contributed by atoms with Gasteiger partial charge in [-0.1, -0.05) is 18.2 Å². The third kappa shape index (κ3) is 3.87. The fourth-order valence-electron chi connectivity index (χ4n) is 4.34. The average molecular weight is 408 g/mol. The Kier molecular flexibility index (Phi) is 5.95. The van der Waals surface area contributed by atoms with Gasteiger partial charge >= 0.3 is 0 Å². The lowest BCUT2D eigenvalue weighted by Crippen LogP contribution is -2.28. The van der Waals surface area contributed by atoms with E-state index >= 15 is 0 Å². The van der Waals surface area contributed by atoms with E-state index in [4.69, 9.17) is 14.2 Å². The Balaban J connectivity index is 1.52. The standard InChI is InChI=1S/C24H28N2O4/c1-28-11-10-26-15-17(18-6-4-5-7-21(18)26)13-24(27)25-20-9-8-16-12-22(29-2)23(30-3)14-19(16)20/h4-7,12,14-15,20H,8-11,13H2,1-3H3,(H,25,27)/t20-/m1/s1. The predicted octanol–water partition coefficient (Wildman–Crippen LogP) is 3.65. The van der Waals surface area contributed by atoms with Crippen LogP contribution in [0.25, 0.3) is 10.9 Å². The first-order valence-electron chi connectivity index (χ1n) is 10.2. The van der Waals surface area contributed by atoms with Gasteiger partial charge in [0.05, 0.1) is 33.3 Å². The summed E-state index contributed by atoms with van der Waals surface area (Å²) in [4.78, 5) is 12.9. The molecule has 0 bridgehead atoms. The number of hydrogen-bond acceptors (Lipinski definition) is 4. The minimum Gasteiger partial charge on any atom is -0.493 e. The van der Waals surface area contributed by atoms with Crippen LogP contribution in [-0.2, 0) is 28.9 Å². The van der Waals surface area contributed by atoms with Crippen molar-refractivity contribution in [1.82, 2.24) is 9.88 Å². The van der Waals surface area contributed by atoms with Crippen molar-refractivity contribution in [1.29, 1.82) is 0 Å². The van der Waals surface area contributed by atoms with Gasteiger partial charge in [-0.05, 0) is 47.7 Å². The van der Waals surface area contributed by atoms with Crippen LogP contribution in [0.15, 0.2) is 42.6 Å². The highest BCUT2D eigenvalue weighted by molar-refractivity contribution is 5.89. The van der Waals surface area contributed by atoms with Crippen molar-refractivity contribution in [2.24, 2.45) is 0 Å². The van der Waals surface area contributed by atoms with Gasteiger partial charge < -0.3 is 24.1 Å². The van der Waals surface area contributed by atoms with Gasteiger partial charge in [-0.15, -0.1) is 0 Å². The van der Waals surface area contributed by atoms with E-state index in [9.17, 15) is 4.79 Å². The van der Waals surface area contributed by atoms with Crippen molar-refractivity contribution in [2.75, 3.05) is 27.9 Å². The largest absolute Gasteiger partial charge is 0.493 e. The normalized spacial score (nSPS) is 15.2. The molecule has 1 aliphatic carbocycles. The molecule has 3 aromatic rings. The summed E-state index contributed by atoms with van der Waals surface area (Å²) in [6.07, 6.45) is 4.21. The highest BCUT2D eigenvalue weighted by Crippen LogP contribution is 2.39. The van der Waals surface area contributed by atoms with Crippen LogP contribution in [-0.4, -0.2) is 38.4 Å². The Labute approximate surface area is 176 Å². The number of nitrogens with one attached hydrogen (secondary N) is 1. The number of aromatic nitrogens is 1. The van der Waals surface area contributed by atoms with Gasteiger partial charge in [0.2, 0.25) is 5.91 Å². The highest BCUT2D eigenvalue weighted by atomic mass is 16.5. The molecule has 0 saturated heterocycles. The summed E-state index contributed by atoms with van der Waals surface area (Å²) in [7, 11) is 4.97. The average Bonchev–Trinajstić information content (AvgIpc) is 3.32. The van der Waals surface area contributed by atoms with Gasteiger partial charge in [0.15, 0.2) is 11.5 Å². The second kappa shape index (κ2) is 8.79. The van der Waals surface area contributed by atoms with Crippen LogP contribution < -0.4 is 14.8 Å². The number of nitrogens with zero attached hydrogens (tertiary/aromatic N) is 1. The monoisotopic (exact) mass is 408 g/mol. The molecule has 30 heavy (non-hydrogen) atoms. The van der Waals surface area contributed by atoms with Crippen molar-refractivity contribution in [3.05, 3.63) is 59.3 Å². The minimum absolute atomic E-state index is 0.00542. The molecular formula is C24H28N2O4. The number of para-hydroxylation sites is 1. The molecule has 6 nitrogen and oxygen atoms in total. The Morgan fingerprint density at radius 2 is 1.90 bits per heavy atom. The maximum absolute atomic E-state index is 12.9. The molecule has 2 aromatic carbocycles. The summed E-state index contributed by atoms with van der Waals surface area (Å²) in [6.45, 7) is 1.39. The van der Waals surface area contributed by atoms with Crippen LogP contribution in [0.3, 0.4) is 0 Å². The summed E-state index contributed by atoms with van der Waals surface area (Å²) in [5.74, 6) is 1.45. The summed E-state index contributed by atoms with van der Waals surface area (Å²) in [6, 6.07) is 12.2. The molecule has 0 unspecified atom stereocenters. The third-order valence-electron chi connectivity index (χ3n) is 5.82. The number of carbonyl (C=O) groups excluding carboxylic acids is 1. The molecule has 0 spiro atoms. The zero-order chi connectivity index (χ0) is 21.1. The Bertz CT molecular complexity index is 1060. The number of fused-ring (bicyclic) bond motifs is 2. The maximum Gasteiger partial charge on any atom is 0.224 e.